The quantitative estimate of drug-likeness (QED) is 0.749. The second-order valence-electron chi connectivity index (χ2n) is 5.26. The molecule has 1 saturated carbocycles. The van der Waals surface area contributed by atoms with E-state index >= 15 is 0 Å². The number of urea groups is 1. The molecule has 2 unspecified atom stereocenters. The molecule has 3 amide bonds. The van der Waals surface area contributed by atoms with Crippen LogP contribution in [0, 0.1) is 5.92 Å². The average Bonchev–Trinajstić information content (AvgIpc) is 2.23. The minimum Gasteiger partial charge on any atom is -0.369 e. The van der Waals surface area contributed by atoms with Gasteiger partial charge in [-0.15, -0.1) is 0 Å². The largest absolute Gasteiger partial charge is 0.369 e. The Morgan fingerprint density at radius 3 is 2.47 bits per heavy atom. The Morgan fingerprint density at radius 1 is 1.24 bits per heavy atom. The van der Waals surface area contributed by atoms with Gasteiger partial charge in [-0.25, -0.2) is 4.79 Å². The first-order chi connectivity index (χ1) is 8.08. The number of hydrogen-bond acceptors (Lipinski definition) is 2. The maximum atomic E-state index is 12.0. The number of nitrogens with two attached hydrogens (primary N) is 1. The maximum Gasteiger partial charge on any atom is 0.317 e. The Morgan fingerprint density at radius 2 is 1.94 bits per heavy atom. The molecule has 0 bridgehead atoms. The lowest BCUT2D eigenvalue weighted by Gasteiger charge is -2.38. The molecule has 2 rings (SSSR count). The number of rotatable bonds is 2. The molecule has 0 aromatic heterocycles. The lowest BCUT2D eigenvalue weighted by molar-refractivity contribution is -0.123. The van der Waals surface area contributed by atoms with Crippen molar-refractivity contribution in [2.75, 3.05) is 6.54 Å². The van der Waals surface area contributed by atoms with Crippen LogP contribution in [0.25, 0.3) is 0 Å². The van der Waals surface area contributed by atoms with Crippen molar-refractivity contribution in [3.05, 3.63) is 0 Å². The molecule has 1 saturated heterocycles. The molecule has 1 aliphatic carbocycles. The van der Waals surface area contributed by atoms with Gasteiger partial charge < -0.3 is 16.0 Å². The SMILES string of the molecule is CC1CCC(C(N)=O)CN1C(=O)NC1CCC1. The number of likely N-dealkylation sites (tertiary alicyclic amines) is 1. The molecule has 2 aliphatic rings. The van der Waals surface area contributed by atoms with Crippen LogP contribution in [0.3, 0.4) is 0 Å². The molecule has 17 heavy (non-hydrogen) atoms. The second kappa shape index (κ2) is 4.94. The summed E-state index contributed by atoms with van der Waals surface area (Å²) in [7, 11) is 0. The maximum absolute atomic E-state index is 12.0. The third-order valence-electron chi connectivity index (χ3n) is 3.98. The van der Waals surface area contributed by atoms with Crippen LogP contribution in [0.15, 0.2) is 0 Å². The van der Waals surface area contributed by atoms with Crippen molar-refractivity contribution >= 4 is 11.9 Å². The molecule has 5 heteroatoms. The van der Waals surface area contributed by atoms with Crippen molar-refractivity contribution in [2.45, 2.75) is 51.1 Å². The normalized spacial score (nSPS) is 29.6. The number of carbonyl (C=O) groups excluding carboxylic acids is 2. The predicted molar refractivity (Wildman–Crippen MR) is 64.3 cm³/mol. The van der Waals surface area contributed by atoms with Gasteiger partial charge in [-0.3, -0.25) is 4.79 Å². The summed E-state index contributed by atoms with van der Waals surface area (Å²) in [5, 5.41) is 3.01. The van der Waals surface area contributed by atoms with E-state index in [4.69, 9.17) is 5.73 Å². The Hall–Kier alpha value is -1.26. The average molecular weight is 239 g/mol. The highest BCUT2D eigenvalue weighted by atomic mass is 16.2. The number of amides is 3. The molecule has 2 fully saturated rings. The standard InChI is InChI=1S/C12H21N3O2/c1-8-5-6-9(11(13)16)7-15(8)12(17)14-10-3-2-4-10/h8-10H,2-7H2,1H3,(H2,13,16)(H,14,17). The Balaban J connectivity index is 1.91. The van der Waals surface area contributed by atoms with Gasteiger partial charge in [-0.2, -0.15) is 0 Å². The molecule has 0 radical (unpaired) electrons. The molecule has 2 atom stereocenters. The van der Waals surface area contributed by atoms with Crippen molar-refractivity contribution in [2.24, 2.45) is 11.7 Å². The van der Waals surface area contributed by atoms with Crippen molar-refractivity contribution < 1.29 is 9.59 Å². The number of hydrogen-bond donors (Lipinski definition) is 2. The Labute approximate surface area is 102 Å². The molecule has 0 spiro atoms. The van der Waals surface area contributed by atoms with Crippen molar-refractivity contribution in [3.8, 4) is 0 Å². The van der Waals surface area contributed by atoms with Crippen molar-refractivity contribution in [3.63, 3.8) is 0 Å². The van der Waals surface area contributed by atoms with Crippen LogP contribution in [0.1, 0.15) is 39.0 Å². The fraction of sp³-hybridized carbons (Fsp3) is 0.833. The highest BCUT2D eigenvalue weighted by molar-refractivity contribution is 5.79. The Kier molecular flexibility index (Phi) is 3.54. The van der Waals surface area contributed by atoms with Crippen LogP contribution in [-0.4, -0.2) is 35.5 Å². The summed E-state index contributed by atoms with van der Waals surface area (Å²) in [6.07, 6.45) is 5.00. The van der Waals surface area contributed by atoms with E-state index in [0.29, 0.717) is 12.6 Å². The van der Waals surface area contributed by atoms with E-state index in [2.05, 4.69) is 5.32 Å². The van der Waals surface area contributed by atoms with E-state index in [1.54, 1.807) is 4.90 Å². The van der Waals surface area contributed by atoms with Gasteiger partial charge in [-0.1, -0.05) is 0 Å². The lowest BCUT2D eigenvalue weighted by Crippen LogP contribution is -2.54. The zero-order valence-corrected chi connectivity index (χ0v) is 10.3. The summed E-state index contributed by atoms with van der Waals surface area (Å²) in [5.74, 6) is -0.475. The van der Waals surface area contributed by atoms with Crippen LogP contribution in [0.2, 0.25) is 0 Å². The first kappa shape index (κ1) is 12.2. The van der Waals surface area contributed by atoms with Crippen LogP contribution in [0.4, 0.5) is 4.79 Å². The van der Waals surface area contributed by atoms with Crippen LogP contribution < -0.4 is 11.1 Å². The fourth-order valence-electron chi connectivity index (χ4n) is 2.43. The topological polar surface area (TPSA) is 75.4 Å². The molecular formula is C12H21N3O2. The first-order valence-corrected chi connectivity index (χ1v) is 6.44. The van der Waals surface area contributed by atoms with Gasteiger partial charge in [0.25, 0.3) is 0 Å². The summed E-state index contributed by atoms with van der Waals surface area (Å²) >= 11 is 0. The lowest BCUT2D eigenvalue weighted by atomic mass is 9.92. The van der Waals surface area contributed by atoms with Gasteiger partial charge in [-0.05, 0) is 39.0 Å². The molecule has 0 aromatic rings. The fourth-order valence-corrected chi connectivity index (χ4v) is 2.43. The second-order valence-corrected chi connectivity index (χ2v) is 5.26. The Bertz CT molecular complexity index is 315. The van der Waals surface area contributed by atoms with Gasteiger partial charge in [0.05, 0.1) is 5.92 Å². The van der Waals surface area contributed by atoms with Crippen LogP contribution in [-0.2, 0) is 4.79 Å². The monoisotopic (exact) mass is 239 g/mol. The van der Waals surface area contributed by atoms with Crippen LogP contribution >= 0.6 is 0 Å². The molecule has 1 aliphatic heterocycles. The summed E-state index contributed by atoms with van der Waals surface area (Å²) in [4.78, 5) is 25.0. The van der Waals surface area contributed by atoms with Crippen LogP contribution in [0.5, 0.6) is 0 Å². The molecule has 96 valence electrons. The number of piperidine rings is 1. The van der Waals surface area contributed by atoms with Gasteiger partial charge in [0.2, 0.25) is 5.91 Å². The summed E-state index contributed by atoms with van der Waals surface area (Å²) in [5.41, 5.74) is 5.32. The van der Waals surface area contributed by atoms with E-state index in [9.17, 15) is 9.59 Å². The molecule has 5 nitrogen and oxygen atoms in total. The van der Waals surface area contributed by atoms with Gasteiger partial charge >= 0.3 is 6.03 Å². The van der Waals surface area contributed by atoms with Gasteiger partial charge in [0.15, 0.2) is 0 Å². The first-order valence-electron chi connectivity index (χ1n) is 6.44. The third-order valence-corrected chi connectivity index (χ3v) is 3.98. The minimum absolute atomic E-state index is 0.0341. The summed E-state index contributed by atoms with van der Waals surface area (Å²) in [6.45, 7) is 2.49. The van der Waals surface area contributed by atoms with Gasteiger partial charge in [0.1, 0.15) is 0 Å². The molecule has 3 N–H and O–H groups in total. The van der Waals surface area contributed by atoms with Gasteiger partial charge in [0, 0.05) is 18.6 Å². The van der Waals surface area contributed by atoms with Crippen molar-refractivity contribution in [1.29, 1.82) is 0 Å². The smallest absolute Gasteiger partial charge is 0.317 e. The highest BCUT2D eigenvalue weighted by Gasteiger charge is 2.32. The summed E-state index contributed by atoms with van der Waals surface area (Å²) < 4.78 is 0. The van der Waals surface area contributed by atoms with E-state index < -0.39 is 0 Å². The van der Waals surface area contributed by atoms with E-state index in [1.807, 2.05) is 6.92 Å². The molecule has 0 aromatic carbocycles. The van der Waals surface area contributed by atoms with E-state index in [-0.39, 0.29) is 23.9 Å². The molecule has 1 heterocycles. The zero-order valence-electron chi connectivity index (χ0n) is 10.3. The minimum atomic E-state index is -0.293. The third kappa shape index (κ3) is 2.70. The number of nitrogens with zero attached hydrogens (tertiary/aromatic N) is 1. The van der Waals surface area contributed by atoms with Crippen molar-refractivity contribution in [1.82, 2.24) is 10.2 Å². The number of primary amides is 1. The molecular weight excluding hydrogens is 218 g/mol. The zero-order chi connectivity index (χ0) is 12.4. The highest BCUT2D eigenvalue weighted by Crippen LogP contribution is 2.23. The predicted octanol–water partition coefficient (Wildman–Crippen LogP) is 0.834. The number of carbonyl (C=O) groups is 2. The number of nitrogens with one attached hydrogen (secondary N) is 1. The summed E-state index contributed by atoms with van der Waals surface area (Å²) in [6, 6.07) is 0.502. The van der Waals surface area contributed by atoms with E-state index in [1.165, 1.54) is 6.42 Å². The van der Waals surface area contributed by atoms with E-state index in [0.717, 1.165) is 25.7 Å².